The van der Waals surface area contributed by atoms with Crippen molar-refractivity contribution in [2.75, 3.05) is 0 Å². The molecule has 0 spiro atoms. The van der Waals surface area contributed by atoms with E-state index in [2.05, 4.69) is 11.1 Å². The van der Waals surface area contributed by atoms with Crippen LogP contribution in [0.25, 0.3) is 11.3 Å². The van der Waals surface area contributed by atoms with Crippen molar-refractivity contribution in [2.45, 2.75) is 0 Å². The molecule has 1 radical (unpaired) electrons. The smallest absolute Gasteiger partial charge is 0.149 e. The first-order valence-electron chi connectivity index (χ1n) is 4.05. The number of benzene rings is 1. The molecule has 2 aromatic rings. The van der Waals surface area contributed by atoms with Crippen LogP contribution in [-0.2, 0) is 0 Å². The highest BCUT2D eigenvalue weighted by molar-refractivity contribution is 6.30. The summed E-state index contributed by atoms with van der Waals surface area (Å²) in [5, 5.41) is 0.451. The molecule has 1 aromatic carbocycles. The van der Waals surface area contributed by atoms with Crippen molar-refractivity contribution in [1.29, 1.82) is 0 Å². The summed E-state index contributed by atoms with van der Waals surface area (Å²) in [6.45, 7) is 0. The van der Waals surface area contributed by atoms with Gasteiger partial charge in [-0.15, -0.1) is 0 Å². The van der Waals surface area contributed by atoms with Gasteiger partial charge in [-0.3, -0.25) is 4.98 Å². The molecule has 0 atom stereocenters. The van der Waals surface area contributed by atoms with Gasteiger partial charge in [-0.25, -0.2) is 4.39 Å². The standard InChI is InChI=1S/C11H6ClFN/c12-9-4-1-3-8(7-9)11-10(13)5-2-6-14-11/h1-3,5-7H. The summed E-state index contributed by atoms with van der Waals surface area (Å²) in [5.74, 6) is -0.352. The Morgan fingerprint density at radius 2 is 2.21 bits per heavy atom. The first-order valence-corrected chi connectivity index (χ1v) is 4.43. The van der Waals surface area contributed by atoms with Crippen molar-refractivity contribution in [2.24, 2.45) is 0 Å². The Balaban J connectivity index is 2.55. The van der Waals surface area contributed by atoms with Crippen molar-refractivity contribution >= 4 is 11.6 Å². The van der Waals surface area contributed by atoms with Crippen LogP contribution in [0, 0.1) is 11.9 Å². The van der Waals surface area contributed by atoms with Gasteiger partial charge in [0.1, 0.15) is 11.5 Å². The van der Waals surface area contributed by atoms with E-state index in [9.17, 15) is 4.39 Å². The zero-order chi connectivity index (χ0) is 9.97. The number of hydrogen-bond donors (Lipinski definition) is 0. The zero-order valence-corrected chi connectivity index (χ0v) is 7.92. The third kappa shape index (κ3) is 1.75. The highest BCUT2D eigenvalue weighted by atomic mass is 35.5. The van der Waals surface area contributed by atoms with Gasteiger partial charge in [0.2, 0.25) is 0 Å². The van der Waals surface area contributed by atoms with Gasteiger partial charge in [0.15, 0.2) is 0 Å². The van der Waals surface area contributed by atoms with E-state index in [-0.39, 0.29) is 5.82 Å². The van der Waals surface area contributed by atoms with Crippen LogP contribution < -0.4 is 0 Å². The molecule has 0 aliphatic heterocycles. The Labute approximate surface area is 86.2 Å². The van der Waals surface area contributed by atoms with E-state index in [0.29, 0.717) is 16.3 Å². The lowest BCUT2D eigenvalue weighted by Crippen LogP contribution is -1.87. The highest BCUT2D eigenvalue weighted by Gasteiger charge is 2.05. The van der Waals surface area contributed by atoms with Crippen LogP contribution in [0.4, 0.5) is 4.39 Å². The number of nitrogens with zero attached hydrogens (tertiary/aromatic N) is 1. The predicted molar refractivity (Wildman–Crippen MR) is 53.5 cm³/mol. The summed E-state index contributed by atoms with van der Waals surface area (Å²) in [5.41, 5.74) is 0.968. The van der Waals surface area contributed by atoms with Gasteiger partial charge >= 0.3 is 0 Å². The summed E-state index contributed by atoms with van der Waals surface area (Å²) in [6.07, 6.45) is 1.54. The van der Waals surface area contributed by atoms with E-state index < -0.39 is 0 Å². The van der Waals surface area contributed by atoms with E-state index in [4.69, 9.17) is 11.6 Å². The minimum Gasteiger partial charge on any atom is -0.253 e. The number of pyridine rings is 1. The summed E-state index contributed by atoms with van der Waals surface area (Å²) in [6, 6.07) is 10.7. The molecule has 0 saturated heterocycles. The first-order chi connectivity index (χ1) is 6.77. The van der Waals surface area contributed by atoms with Crippen LogP contribution in [0.15, 0.2) is 36.5 Å². The zero-order valence-electron chi connectivity index (χ0n) is 7.17. The van der Waals surface area contributed by atoms with Crippen molar-refractivity contribution < 1.29 is 4.39 Å². The maximum absolute atomic E-state index is 13.3. The van der Waals surface area contributed by atoms with Gasteiger partial charge in [0, 0.05) is 22.8 Å². The maximum atomic E-state index is 13.3. The van der Waals surface area contributed by atoms with Gasteiger partial charge in [0.05, 0.1) is 0 Å². The lowest BCUT2D eigenvalue weighted by Gasteiger charge is -2.01. The van der Waals surface area contributed by atoms with E-state index in [1.54, 1.807) is 30.5 Å². The molecule has 0 N–H and O–H groups in total. The van der Waals surface area contributed by atoms with Crippen molar-refractivity contribution in [3.8, 4) is 11.3 Å². The van der Waals surface area contributed by atoms with E-state index in [1.165, 1.54) is 6.07 Å². The second-order valence-electron chi connectivity index (χ2n) is 2.76. The number of aromatic nitrogens is 1. The molecule has 0 aliphatic carbocycles. The van der Waals surface area contributed by atoms with Crippen molar-refractivity contribution in [3.05, 3.63) is 53.4 Å². The molecular weight excluding hydrogens is 201 g/mol. The Hall–Kier alpha value is -1.41. The third-order valence-electron chi connectivity index (χ3n) is 1.80. The Bertz CT molecular complexity index is 457. The number of rotatable bonds is 1. The lowest BCUT2D eigenvalue weighted by atomic mass is 10.1. The second-order valence-corrected chi connectivity index (χ2v) is 3.17. The van der Waals surface area contributed by atoms with Crippen LogP contribution in [0.1, 0.15) is 0 Å². The van der Waals surface area contributed by atoms with E-state index in [0.717, 1.165) is 0 Å². The Morgan fingerprint density at radius 1 is 1.36 bits per heavy atom. The average molecular weight is 207 g/mol. The lowest BCUT2D eigenvalue weighted by molar-refractivity contribution is 0.626. The van der Waals surface area contributed by atoms with Crippen LogP contribution in [0.2, 0.25) is 5.02 Å². The average Bonchev–Trinajstić information content (AvgIpc) is 2.18. The van der Waals surface area contributed by atoms with Gasteiger partial charge in [-0.2, -0.15) is 0 Å². The topological polar surface area (TPSA) is 12.9 Å². The van der Waals surface area contributed by atoms with E-state index in [1.807, 2.05) is 0 Å². The van der Waals surface area contributed by atoms with Gasteiger partial charge in [0.25, 0.3) is 0 Å². The fourth-order valence-corrected chi connectivity index (χ4v) is 1.36. The summed E-state index contributed by atoms with van der Waals surface area (Å²) in [4.78, 5) is 3.94. The largest absolute Gasteiger partial charge is 0.253 e. The minimum atomic E-state index is -0.352. The molecule has 1 aromatic heterocycles. The molecule has 69 valence electrons. The number of halogens is 2. The molecule has 0 bridgehead atoms. The molecule has 0 fully saturated rings. The highest BCUT2D eigenvalue weighted by Crippen LogP contribution is 2.22. The molecule has 0 amide bonds. The molecule has 3 heteroatoms. The normalized spacial score (nSPS) is 10.1. The predicted octanol–water partition coefficient (Wildman–Crippen LogP) is 3.34. The fraction of sp³-hybridized carbons (Fsp3) is 0. The summed E-state index contributed by atoms with van der Waals surface area (Å²) >= 11 is 5.74. The van der Waals surface area contributed by atoms with Crippen LogP contribution in [0.5, 0.6) is 0 Å². The second kappa shape index (κ2) is 3.76. The van der Waals surface area contributed by atoms with Gasteiger partial charge < -0.3 is 0 Å². The molecule has 1 nitrogen and oxygen atoms in total. The molecule has 1 heterocycles. The maximum Gasteiger partial charge on any atom is 0.149 e. The summed E-state index contributed by atoms with van der Waals surface area (Å²) < 4.78 is 13.3. The van der Waals surface area contributed by atoms with Crippen molar-refractivity contribution in [1.82, 2.24) is 4.98 Å². The van der Waals surface area contributed by atoms with Gasteiger partial charge in [-0.05, 0) is 18.2 Å². The Kier molecular flexibility index (Phi) is 2.46. The minimum absolute atomic E-state index is 0.309. The molecule has 0 saturated carbocycles. The van der Waals surface area contributed by atoms with Gasteiger partial charge in [-0.1, -0.05) is 23.7 Å². The first kappa shape index (κ1) is 9.16. The molecule has 14 heavy (non-hydrogen) atoms. The molecule has 0 unspecified atom stereocenters. The Morgan fingerprint density at radius 3 is 2.93 bits per heavy atom. The summed E-state index contributed by atoms with van der Waals surface area (Å²) in [7, 11) is 0. The van der Waals surface area contributed by atoms with Crippen molar-refractivity contribution in [3.63, 3.8) is 0 Å². The quantitative estimate of drug-likeness (QED) is 0.698. The molecule has 2 rings (SSSR count). The van der Waals surface area contributed by atoms with E-state index >= 15 is 0 Å². The number of hydrogen-bond acceptors (Lipinski definition) is 1. The third-order valence-corrected chi connectivity index (χ3v) is 2.02. The van der Waals surface area contributed by atoms with Crippen LogP contribution in [0.3, 0.4) is 0 Å². The SMILES string of the molecule is Fc1cccnc1-c1cc[c]c(Cl)c1. The fourth-order valence-electron chi connectivity index (χ4n) is 1.18. The monoisotopic (exact) mass is 206 g/mol. The van der Waals surface area contributed by atoms with Crippen LogP contribution in [-0.4, -0.2) is 4.98 Å². The molecular formula is C11H6ClFN. The molecule has 0 aliphatic rings. The van der Waals surface area contributed by atoms with Crippen LogP contribution >= 0.6 is 11.6 Å².